The highest BCUT2D eigenvalue weighted by molar-refractivity contribution is 5.13. The third kappa shape index (κ3) is 1.34. The number of hydrogen-bond donors (Lipinski definition) is 0. The molecule has 0 aromatic heterocycles. The van der Waals surface area contributed by atoms with Crippen molar-refractivity contribution in [3.8, 4) is 0 Å². The maximum absolute atomic E-state index is 2.41. The molecule has 1 heteroatoms. The lowest BCUT2D eigenvalue weighted by molar-refractivity contribution is -0.856. The van der Waals surface area contributed by atoms with Crippen molar-refractivity contribution < 1.29 is 4.48 Å². The van der Waals surface area contributed by atoms with Gasteiger partial charge in [-0.15, -0.1) is 0 Å². The second-order valence-electron chi connectivity index (χ2n) is 4.24. The van der Waals surface area contributed by atoms with Crippen LogP contribution in [0, 0.1) is 11.8 Å². The number of quaternary nitrogens is 1. The number of hydrogen-bond acceptors (Lipinski definition) is 0. The Labute approximate surface area is 70.3 Å². The van der Waals surface area contributed by atoms with Gasteiger partial charge in [-0.3, -0.25) is 4.48 Å². The van der Waals surface area contributed by atoms with E-state index in [0.29, 0.717) is 0 Å². The molecule has 1 rings (SSSR count). The van der Waals surface area contributed by atoms with Crippen LogP contribution in [0.5, 0.6) is 0 Å². The number of nitrogens with zero attached hydrogens (tertiary/aromatic N) is 1. The monoisotopic (exact) mass is 154 g/mol. The molecule has 1 nitrogen and oxygen atoms in total. The molecular formula is C10H20N+. The van der Waals surface area contributed by atoms with Crippen LogP contribution in [0.25, 0.3) is 0 Å². The number of allylic oxidation sites excluding steroid dienone is 2. The first kappa shape index (κ1) is 8.79. The summed E-state index contributed by atoms with van der Waals surface area (Å²) in [4.78, 5) is 0. The summed E-state index contributed by atoms with van der Waals surface area (Å²) < 4.78 is 1.07. The molecule has 0 spiro atoms. The van der Waals surface area contributed by atoms with Gasteiger partial charge in [-0.05, 0) is 18.9 Å². The number of rotatable bonds is 2. The van der Waals surface area contributed by atoms with Gasteiger partial charge in [0.15, 0.2) is 0 Å². The van der Waals surface area contributed by atoms with Crippen LogP contribution in [-0.2, 0) is 0 Å². The molecule has 0 saturated heterocycles. The van der Waals surface area contributed by atoms with E-state index in [0.717, 1.165) is 16.3 Å². The first-order chi connectivity index (χ1) is 4.99. The minimum Gasteiger partial charge on any atom is -0.300 e. The van der Waals surface area contributed by atoms with E-state index >= 15 is 0 Å². The fourth-order valence-electron chi connectivity index (χ4n) is 1.65. The Morgan fingerprint density at radius 3 is 2.18 bits per heavy atom. The third-order valence-corrected chi connectivity index (χ3v) is 3.18. The minimum atomic E-state index is 0.796. The molecule has 1 aliphatic rings. The quantitative estimate of drug-likeness (QED) is 0.535. The van der Waals surface area contributed by atoms with Gasteiger partial charge in [-0.2, -0.15) is 0 Å². The second kappa shape index (κ2) is 2.63. The largest absolute Gasteiger partial charge is 0.300 e. The Morgan fingerprint density at radius 1 is 1.36 bits per heavy atom. The zero-order valence-corrected chi connectivity index (χ0v) is 8.39. The van der Waals surface area contributed by atoms with Crippen LogP contribution in [0.2, 0.25) is 0 Å². The van der Waals surface area contributed by atoms with Crippen molar-refractivity contribution in [3.63, 3.8) is 0 Å². The van der Waals surface area contributed by atoms with Crippen molar-refractivity contribution in [3.05, 3.63) is 11.8 Å². The van der Waals surface area contributed by atoms with Gasteiger partial charge in [0, 0.05) is 5.92 Å². The van der Waals surface area contributed by atoms with Crippen LogP contribution < -0.4 is 0 Å². The van der Waals surface area contributed by atoms with Gasteiger partial charge in [0.25, 0.3) is 0 Å². The van der Waals surface area contributed by atoms with Gasteiger partial charge in [-0.1, -0.05) is 13.8 Å². The molecule has 1 aliphatic carbocycles. The van der Waals surface area contributed by atoms with E-state index in [2.05, 4.69) is 40.9 Å². The molecule has 0 amide bonds. The molecule has 0 N–H and O–H groups in total. The van der Waals surface area contributed by atoms with Gasteiger partial charge < -0.3 is 0 Å². The van der Waals surface area contributed by atoms with Gasteiger partial charge in [0.2, 0.25) is 0 Å². The topological polar surface area (TPSA) is 0 Å². The third-order valence-electron chi connectivity index (χ3n) is 3.18. The van der Waals surface area contributed by atoms with Gasteiger partial charge in [-0.25, -0.2) is 0 Å². The molecule has 0 aromatic carbocycles. The van der Waals surface area contributed by atoms with Crippen LogP contribution in [-0.4, -0.2) is 25.1 Å². The Morgan fingerprint density at radius 2 is 1.91 bits per heavy atom. The molecule has 2 unspecified atom stereocenters. The summed E-state index contributed by atoms with van der Waals surface area (Å²) in [7, 11) is 4.57. The van der Waals surface area contributed by atoms with Crippen LogP contribution in [0.3, 0.4) is 0 Å². The van der Waals surface area contributed by atoms with Crippen molar-refractivity contribution in [2.24, 2.45) is 11.8 Å². The summed E-state index contributed by atoms with van der Waals surface area (Å²) in [6, 6.07) is 0. The highest BCUT2D eigenvalue weighted by Gasteiger charge is 2.35. The summed E-state index contributed by atoms with van der Waals surface area (Å²) in [5.74, 6) is 1.60. The highest BCUT2D eigenvalue weighted by atomic mass is 15.3. The molecule has 11 heavy (non-hydrogen) atoms. The smallest absolute Gasteiger partial charge is 0.108 e. The van der Waals surface area contributed by atoms with Crippen molar-refractivity contribution in [2.45, 2.75) is 20.8 Å². The second-order valence-corrected chi connectivity index (χ2v) is 4.24. The summed E-state index contributed by atoms with van der Waals surface area (Å²) in [6.45, 7) is 8.07. The van der Waals surface area contributed by atoms with Crippen LogP contribution in [0.15, 0.2) is 11.8 Å². The maximum Gasteiger partial charge on any atom is 0.108 e. The highest BCUT2D eigenvalue weighted by Crippen LogP contribution is 2.37. The lowest BCUT2D eigenvalue weighted by Crippen LogP contribution is -2.45. The molecule has 0 heterocycles. The van der Waals surface area contributed by atoms with Crippen molar-refractivity contribution in [2.75, 3.05) is 20.6 Å². The Kier molecular flexibility index (Phi) is 2.10. The molecule has 0 radical (unpaired) electrons. The average Bonchev–Trinajstić information content (AvgIpc) is 1.99. The van der Waals surface area contributed by atoms with Crippen LogP contribution >= 0.6 is 0 Å². The zero-order chi connectivity index (χ0) is 8.65. The molecular weight excluding hydrogens is 134 g/mol. The summed E-state index contributed by atoms with van der Waals surface area (Å²) in [5.41, 5.74) is 1.61. The van der Waals surface area contributed by atoms with Crippen molar-refractivity contribution in [1.29, 1.82) is 0 Å². The lowest BCUT2D eigenvalue weighted by Gasteiger charge is -2.41. The van der Waals surface area contributed by atoms with Crippen LogP contribution in [0.1, 0.15) is 20.8 Å². The minimum absolute atomic E-state index is 0.796. The first-order valence-corrected chi connectivity index (χ1v) is 4.54. The molecule has 0 bridgehead atoms. The Balaban J connectivity index is 2.71. The lowest BCUT2D eigenvalue weighted by atomic mass is 9.80. The van der Waals surface area contributed by atoms with E-state index < -0.39 is 0 Å². The van der Waals surface area contributed by atoms with E-state index in [1.165, 1.54) is 6.54 Å². The predicted molar refractivity (Wildman–Crippen MR) is 49.1 cm³/mol. The summed E-state index contributed by atoms with van der Waals surface area (Å²) in [5, 5.41) is 0. The standard InChI is InChI=1S/C10H20N/c1-6-11(4,5)10-7-8(2)9(10)3/h7-9H,6H2,1-5H3/q+1. The van der Waals surface area contributed by atoms with E-state index in [4.69, 9.17) is 0 Å². The Hall–Kier alpha value is -0.300. The van der Waals surface area contributed by atoms with Gasteiger partial charge in [0.1, 0.15) is 5.70 Å². The normalized spacial score (nSPS) is 31.2. The van der Waals surface area contributed by atoms with Crippen molar-refractivity contribution in [1.82, 2.24) is 0 Å². The summed E-state index contributed by atoms with van der Waals surface area (Å²) >= 11 is 0. The van der Waals surface area contributed by atoms with E-state index in [9.17, 15) is 0 Å². The molecule has 0 fully saturated rings. The maximum atomic E-state index is 2.41. The molecule has 0 saturated carbocycles. The zero-order valence-electron chi connectivity index (χ0n) is 8.39. The van der Waals surface area contributed by atoms with Crippen LogP contribution in [0.4, 0.5) is 0 Å². The fourth-order valence-corrected chi connectivity index (χ4v) is 1.65. The van der Waals surface area contributed by atoms with Gasteiger partial charge in [0.05, 0.1) is 20.6 Å². The van der Waals surface area contributed by atoms with E-state index in [-0.39, 0.29) is 0 Å². The fraction of sp³-hybridized carbons (Fsp3) is 0.800. The van der Waals surface area contributed by atoms with Crippen molar-refractivity contribution >= 4 is 0 Å². The molecule has 0 aliphatic heterocycles. The molecule has 64 valence electrons. The average molecular weight is 154 g/mol. The molecule has 2 atom stereocenters. The SMILES string of the molecule is CC[N+](C)(C)C1=CC(C)C1C. The molecule has 0 aromatic rings. The van der Waals surface area contributed by atoms with E-state index in [1.807, 2.05) is 0 Å². The van der Waals surface area contributed by atoms with Gasteiger partial charge >= 0.3 is 0 Å². The van der Waals surface area contributed by atoms with E-state index in [1.54, 1.807) is 5.70 Å². The summed E-state index contributed by atoms with van der Waals surface area (Å²) in [6.07, 6.45) is 2.41. The first-order valence-electron chi connectivity index (χ1n) is 4.54. The predicted octanol–water partition coefficient (Wildman–Crippen LogP) is 2.25. The Bertz CT molecular complexity index is 179.